The number of aromatic nitrogens is 15. The van der Waals surface area contributed by atoms with Crippen LogP contribution in [-0.4, -0.2) is 179 Å². The number of fused-ring (bicyclic) bond motifs is 2. The number of phosphoric ester groups is 3. The van der Waals surface area contributed by atoms with Crippen LogP contribution in [0.2, 0.25) is 0 Å². The van der Waals surface area contributed by atoms with Crippen molar-refractivity contribution in [1.29, 1.82) is 0 Å². The molecule has 4 aliphatic heterocycles. The average molecular weight is 1330 g/mol. The lowest BCUT2D eigenvalue weighted by Crippen LogP contribution is -2.33. The molecule has 11 rings (SSSR count). The number of nitrogens with two attached hydrogens (primary N) is 4. The van der Waals surface area contributed by atoms with E-state index in [-0.39, 0.29) is 52.0 Å². The van der Waals surface area contributed by atoms with Gasteiger partial charge in [0.2, 0.25) is 0 Å². The molecule has 4 fully saturated rings. The zero-order valence-electron chi connectivity index (χ0n) is 45.0. The van der Waals surface area contributed by atoms with Crippen LogP contribution in [0, 0.1) is 0 Å². The predicted molar refractivity (Wildman–Crippen MR) is 295 cm³/mol. The smallest absolute Gasteiger partial charge is 0.388 e. The predicted octanol–water partition coefficient (Wildman–Crippen LogP) is -0.892. The molecule has 13 N–H and O–H groups in total. The quantitative estimate of drug-likeness (QED) is 0.0245. The second kappa shape index (κ2) is 25.9. The monoisotopic (exact) mass is 1330 g/mol. The van der Waals surface area contributed by atoms with Crippen LogP contribution in [0.25, 0.3) is 22.3 Å². The molecule has 0 radical (unpaired) electrons. The fraction of sp³-hybridized carbons (Fsp3) is 0.524. The summed E-state index contributed by atoms with van der Waals surface area (Å²) in [6.45, 7) is -3.38. The number of aliphatic hydroxyl groups excluding tert-OH is 1. The van der Waals surface area contributed by atoms with E-state index in [1.54, 1.807) is 6.20 Å². The van der Waals surface area contributed by atoms with Crippen molar-refractivity contribution in [2.45, 2.75) is 105 Å². The first kappa shape index (κ1) is 63.3. The SMILES string of the molecule is Nc1ccn([C@H]2C[C@H](OP(=O)(O)OC[C@H]3O[C@@H](n4cnc5c(N)ncnc54)[C@H](n4cc(CCS)nn4)[C@@H]3O)[C@@H](COP(=O)(O)O[C@H]3C[C@H](n4ccc(N)nc4=O)O[C@@H]3COP(=O)(O)O[C@H]3C[C@H](n4cnc5c(N)ncnc54)O[C@@H]3CO[P+](=O)O)O2)c(=O)n1. The molecule has 7 aromatic rings. The number of rotatable bonds is 25. The van der Waals surface area contributed by atoms with Crippen LogP contribution in [0.3, 0.4) is 0 Å². The maximum atomic E-state index is 14.0. The lowest BCUT2D eigenvalue weighted by Gasteiger charge is -2.25. The van der Waals surface area contributed by atoms with E-state index in [1.165, 1.54) is 63.7 Å². The van der Waals surface area contributed by atoms with Gasteiger partial charge in [-0.15, -0.1) is 14.5 Å². The first-order valence-electron chi connectivity index (χ1n) is 26.0. The van der Waals surface area contributed by atoms with E-state index in [1.807, 2.05) is 0 Å². The fourth-order valence-electron chi connectivity index (χ4n) is 10.1. The Bertz CT molecular complexity index is 3980. The number of aliphatic hydroxyl groups is 1. The maximum absolute atomic E-state index is 14.0. The largest absolute Gasteiger partial charge is 0.694 e. The summed E-state index contributed by atoms with van der Waals surface area (Å²) in [5.41, 5.74) is 22.9. The van der Waals surface area contributed by atoms with Crippen LogP contribution < -0.4 is 34.3 Å². The van der Waals surface area contributed by atoms with Gasteiger partial charge in [-0.05, 0) is 17.9 Å². The van der Waals surface area contributed by atoms with Crippen LogP contribution in [0.15, 0.2) is 65.6 Å². The number of thiol groups is 1. The Balaban J connectivity index is 0.781. The Labute approximate surface area is 498 Å². The molecule has 4 unspecified atom stereocenters. The van der Waals surface area contributed by atoms with Gasteiger partial charge in [0, 0.05) is 48.8 Å². The molecule has 474 valence electrons. The topological polar surface area (TPSA) is 563 Å². The molecular weight excluding hydrogens is 1280 g/mol. The van der Waals surface area contributed by atoms with Gasteiger partial charge in [0.05, 0.1) is 38.2 Å². The molecule has 46 heteroatoms. The number of hydrogen-bond acceptors (Lipinski definition) is 33. The number of anilines is 4. The number of aryl methyl sites for hydroxylation is 1. The van der Waals surface area contributed by atoms with E-state index in [2.05, 4.69) is 62.8 Å². The molecule has 0 amide bonds. The molecule has 17 atom stereocenters. The highest BCUT2D eigenvalue weighted by molar-refractivity contribution is 7.80. The standard InChI is InChI=1S/C42H53N19O22P4S/c43-27-1-4-57(41(63)53-27)29-7-21(24(78-29)12-74-85(67,68)81-20-9-31(77-23(20)11-73-84(65)66)59-17-51-32-36(45)47-15-49-38(32)59)82-86(69,70)75-13-25-22(8-30(79-25)58-5-2-28(44)54-42(58)64)83-87(71,72)76-14-26-35(62)34(61-10-19(3-6-88)55-56-61)40(80-26)60-18-52-33-37(46)48-16-50-39(33)60/h1-2,4-5,10,15-18,20-26,29-31,34-35,40,62H,3,6-9,11-14H2,(H12-,43,44,45,46,47,48,49,50,53,54,63,64,65,66,67,68,69,70,71,72,88)/p+1/t20-,21-,22-,23+,24+,25+,26+,29+,30+,31+,34+,35+,40+/m0/s1. The molecule has 4 aliphatic rings. The third kappa shape index (κ3) is 14.0. The molecule has 0 saturated carbocycles. The van der Waals surface area contributed by atoms with E-state index in [9.17, 15) is 52.5 Å². The van der Waals surface area contributed by atoms with E-state index in [0.29, 0.717) is 17.9 Å². The molecule has 4 saturated heterocycles. The molecule has 0 spiro atoms. The highest BCUT2D eigenvalue weighted by Crippen LogP contribution is 2.54. The van der Waals surface area contributed by atoms with Gasteiger partial charge in [-0.2, -0.15) is 22.6 Å². The van der Waals surface area contributed by atoms with Crippen molar-refractivity contribution >= 4 is 90.0 Å². The summed E-state index contributed by atoms with van der Waals surface area (Å²) >= 11 is 4.26. The van der Waals surface area contributed by atoms with Gasteiger partial charge in [-0.3, -0.25) is 45.4 Å². The summed E-state index contributed by atoms with van der Waals surface area (Å²) in [5, 5.41) is 20.1. The number of phosphoric acid groups is 3. The highest BCUT2D eigenvalue weighted by atomic mass is 32.1. The van der Waals surface area contributed by atoms with Gasteiger partial charge < -0.3 is 61.7 Å². The van der Waals surface area contributed by atoms with Crippen LogP contribution in [0.1, 0.15) is 55.9 Å². The minimum atomic E-state index is -5.43. The summed E-state index contributed by atoms with van der Waals surface area (Å²) < 4.78 is 121. The van der Waals surface area contributed by atoms with Gasteiger partial charge >= 0.3 is 43.1 Å². The maximum Gasteiger partial charge on any atom is 0.694 e. The number of hydrogen-bond donors (Lipinski definition) is 10. The Morgan fingerprint density at radius 2 is 1.09 bits per heavy atom. The minimum absolute atomic E-state index is 0.0403. The third-order valence-electron chi connectivity index (χ3n) is 14.2. The zero-order chi connectivity index (χ0) is 62.4. The first-order valence-corrected chi connectivity index (χ1v) is 32.3. The molecule has 0 bridgehead atoms. The Kier molecular flexibility index (Phi) is 18.6. The number of nitrogens with zero attached hydrogens (tertiary/aromatic N) is 15. The van der Waals surface area contributed by atoms with E-state index >= 15 is 0 Å². The van der Waals surface area contributed by atoms with Crippen molar-refractivity contribution in [2.24, 2.45) is 0 Å². The van der Waals surface area contributed by atoms with Gasteiger partial charge in [0.1, 0.15) is 115 Å². The lowest BCUT2D eigenvalue weighted by molar-refractivity contribution is -0.0632. The van der Waals surface area contributed by atoms with Crippen LogP contribution in [0.4, 0.5) is 23.3 Å². The third-order valence-corrected chi connectivity index (χ3v) is 17.8. The second-order valence-electron chi connectivity index (χ2n) is 19.8. The Morgan fingerprint density at radius 3 is 1.57 bits per heavy atom. The van der Waals surface area contributed by atoms with E-state index in [4.69, 9.17) is 73.5 Å². The summed E-state index contributed by atoms with van der Waals surface area (Å²) in [6, 6.07) is 1.42. The molecule has 88 heavy (non-hydrogen) atoms. The molecule has 0 aliphatic carbocycles. The van der Waals surface area contributed by atoms with Crippen molar-refractivity contribution < 1.29 is 93.6 Å². The van der Waals surface area contributed by atoms with Gasteiger partial charge in [-0.1, -0.05) is 5.21 Å². The van der Waals surface area contributed by atoms with Gasteiger partial charge in [-0.25, -0.2) is 57.9 Å². The molecule has 0 aromatic carbocycles. The van der Waals surface area contributed by atoms with Crippen LogP contribution >= 0.6 is 44.4 Å². The van der Waals surface area contributed by atoms with Crippen molar-refractivity contribution in [2.75, 3.05) is 55.1 Å². The number of nitrogen functional groups attached to an aromatic ring is 4. The minimum Gasteiger partial charge on any atom is -0.388 e. The second-order valence-corrected chi connectivity index (χ2v) is 25.2. The van der Waals surface area contributed by atoms with Crippen molar-refractivity contribution in [3.8, 4) is 0 Å². The normalized spacial score (nSPS) is 28.8. The lowest BCUT2D eigenvalue weighted by atomic mass is 10.1. The van der Waals surface area contributed by atoms with Crippen molar-refractivity contribution in [3.63, 3.8) is 0 Å². The summed E-state index contributed by atoms with van der Waals surface area (Å²) in [6.07, 6.45) is -8.68. The van der Waals surface area contributed by atoms with Crippen molar-refractivity contribution in [1.82, 2.24) is 73.1 Å². The van der Waals surface area contributed by atoms with Gasteiger partial charge in [0.25, 0.3) is 0 Å². The highest BCUT2D eigenvalue weighted by Gasteiger charge is 2.51. The van der Waals surface area contributed by atoms with Crippen molar-refractivity contribution in [3.05, 3.63) is 82.7 Å². The average Bonchev–Trinajstić information content (AvgIpc) is 2.22. The van der Waals surface area contributed by atoms with Gasteiger partial charge in [0.15, 0.2) is 29.2 Å². The first-order chi connectivity index (χ1) is 41.9. The number of imidazole rings is 2. The zero-order valence-corrected chi connectivity index (χ0v) is 49.5. The fourth-order valence-corrected chi connectivity index (χ4v) is 13.5. The molecule has 7 aromatic heterocycles. The summed E-state index contributed by atoms with van der Waals surface area (Å²) in [4.78, 5) is 101. The Morgan fingerprint density at radius 1 is 0.636 bits per heavy atom. The van der Waals surface area contributed by atoms with E-state index in [0.717, 1.165) is 9.13 Å². The molecular formula is C42H54N19O22P4S+. The number of ether oxygens (including phenoxy) is 4. The Hall–Kier alpha value is -6.30. The molecule has 11 heterocycles. The van der Waals surface area contributed by atoms with Crippen LogP contribution in [0.5, 0.6) is 0 Å². The molecule has 41 nitrogen and oxygen atoms in total. The van der Waals surface area contributed by atoms with E-state index < -0.39 is 162 Å². The van der Waals surface area contributed by atoms with Crippen LogP contribution in [-0.2, 0) is 75.3 Å². The summed E-state index contributed by atoms with van der Waals surface area (Å²) in [5.74, 6) is 0.187. The summed E-state index contributed by atoms with van der Waals surface area (Å²) in [7, 11) is -19.2.